The number of unbranched alkanes of at least 4 members (excludes halogenated alkanes) is 7. The molecule has 0 saturated carbocycles. The molecule has 4 nitrogen and oxygen atoms in total. The highest BCUT2D eigenvalue weighted by Gasteiger charge is 2.15. The van der Waals surface area contributed by atoms with Gasteiger partial charge in [0, 0.05) is 12.0 Å². The maximum absolute atomic E-state index is 12.1. The molecule has 0 bridgehead atoms. The first-order valence-electron chi connectivity index (χ1n) is 14.2. The lowest BCUT2D eigenvalue weighted by Gasteiger charge is -2.30. The third kappa shape index (κ3) is 13.7. The van der Waals surface area contributed by atoms with Gasteiger partial charge in [0.05, 0.1) is 33.9 Å². The number of para-hydroxylation sites is 1. The predicted molar refractivity (Wildman–Crippen MR) is 150 cm³/mol. The van der Waals surface area contributed by atoms with Gasteiger partial charge < -0.3 is 14.0 Å². The van der Waals surface area contributed by atoms with Crippen LogP contribution in [0.1, 0.15) is 88.7 Å². The molecule has 0 aromatic heterocycles. The minimum absolute atomic E-state index is 0.0754. The normalized spacial score (nSPS) is 11.4. The van der Waals surface area contributed by atoms with Crippen LogP contribution < -0.4 is 4.74 Å². The summed E-state index contributed by atoms with van der Waals surface area (Å²) in [4.78, 5) is 12.1. The molecule has 2 aromatic rings. The molecule has 4 heteroatoms. The Morgan fingerprint density at radius 2 is 1.44 bits per heavy atom. The van der Waals surface area contributed by atoms with E-state index in [0.717, 1.165) is 55.4 Å². The third-order valence-corrected chi connectivity index (χ3v) is 6.68. The van der Waals surface area contributed by atoms with E-state index in [4.69, 9.17) is 9.47 Å². The lowest BCUT2D eigenvalue weighted by molar-refractivity contribution is -0.903. The maximum Gasteiger partial charge on any atom is 0.305 e. The molecule has 200 valence electrons. The van der Waals surface area contributed by atoms with Crippen molar-refractivity contribution in [1.82, 2.24) is 0 Å². The molecule has 0 amide bonds. The summed E-state index contributed by atoms with van der Waals surface area (Å²) in [7, 11) is 4.50. The number of hydrogen-bond acceptors (Lipinski definition) is 3. The average molecular weight is 497 g/mol. The minimum Gasteiger partial charge on any atom is -0.493 e. The zero-order valence-electron chi connectivity index (χ0n) is 23.2. The fraction of sp³-hybridized carbons (Fsp3) is 0.594. The fourth-order valence-corrected chi connectivity index (χ4v) is 4.56. The van der Waals surface area contributed by atoms with E-state index in [1.807, 2.05) is 6.07 Å². The van der Waals surface area contributed by atoms with Gasteiger partial charge in [-0.3, -0.25) is 4.79 Å². The van der Waals surface area contributed by atoms with Gasteiger partial charge in [0.25, 0.3) is 0 Å². The molecule has 0 heterocycles. The monoisotopic (exact) mass is 496 g/mol. The smallest absolute Gasteiger partial charge is 0.305 e. The summed E-state index contributed by atoms with van der Waals surface area (Å²) in [5.74, 6) is 0.935. The van der Waals surface area contributed by atoms with Crippen LogP contribution in [0.15, 0.2) is 54.6 Å². The summed E-state index contributed by atoms with van der Waals surface area (Å²) in [5.41, 5.74) is 2.66. The van der Waals surface area contributed by atoms with Crippen molar-refractivity contribution in [3.63, 3.8) is 0 Å². The zero-order chi connectivity index (χ0) is 25.9. The Morgan fingerprint density at radius 1 is 0.750 bits per heavy atom. The zero-order valence-corrected chi connectivity index (χ0v) is 23.2. The van der Waals surface area contributed by atoms with E-state index in [0.29, 0.717) is 19.6 Å². The molecule has 0 spiro atoms. The van der Waals surface area contributed by atoms with Crippen LogP contribution in [0.5, 0.6) is 5.75 Å². The third-order valence-electron chi connectivity index (χ3n) is 6.68. The van der Waals surface area contributed by atoms with Crippen molar-refractivity contribution >= 4 is 5.97 Å². The molecular weight excluding hydrogens is 446 g/mol. The van der Waals surface area contributed by atoms with Crippen molar-refractivity contribution in [3.05, 3.63) is 65.7 Å². The first kappa shape index (κ1) is 29.9. The second-order valence-electron chi connectivity index (χ2n) is 10.7. The number of carbonyl (C=O) groups is 1. The second kappa shape index (κ2) is 18.0. The summed E-state index contributed by atoms with van der Waals surface area (Å²) < 4.78 is 12.4. The molecule has 0 unspecified atom stereocenters. The number of nitrogens with zero attached hydrogens (tertiary/aromatic N) is 1. The quantitative estimate of drug-likeness (QED) is 0.107. The molecule has 2 rings (SSSR count). The summed E-state index contributed by atoms with van der Waals surface area (Å²) in [6.45, 7) is 5.47. The van der Waals surface area contributed by atoms with Crippen LogP contribution in [-0.4, -0.2) is 44.3 Å². The molecule has 0 aliphatic rings. The van der Waals surface area contributed by atoms with Crippen LogP contribution in [0.3, 0.4) is 0 Å². The number of ether oxygens (including phenoxy) is 2. The SMILES string of the molecule is CCCCCCCCc1ccccc1OCCCCOC(=O)CCCC[N+](C)(C)Cc1ccccc1. The molecule has 2 aromatic carbocycles. The Labute approximate surface area is 220 Å². The lowest BCUT2D eigenvalue weighted by Crippen LogP contribution is -2.39. The van der Waals surface area contributed by atoms with E-state index in [-0.39, 0.29) is 5.97 Å². The summed E-state index contributed by atoms with van der Waals surface area (Å²) in [6, 6.07) is 19.0. The number of quaternary nitrogens is 1. The van der Waals surface area contributed by atoms with Gasteiger partial charge in [-0.15, -0.1) is 0 Å². The molecule has 0 radical (unpaired) electrons. The standard InChI is InChI=1S/C32H50NO3/c1-4-5-6-7-8-12-21-30-22-13-14-23-31(30)35-26-17-18-27-36-32(34)24-15-16-25-33(2,3)28-29-19-10-9-11-20-29/h9-11,13-14,19-20,22-23H,4-8,12,15-18,21,24-28H2,1-3H3/q+1. The Balaban J connectivity index is 1.50. The fourth-order valence-electron chi connectivity index (χ4n) is 4.56. The number of benzene rings is 2. The minimum atomic E-state index is -0.0754. The van der Waals surface area contributed by atoms with Crippen molar-refractivity contribution < 1.29 is 18.8 Å². The van der Waals surface area contributed by atoms with E-state index in [1.54, 1.807) is 0 Å². The van der Waals surface area contributed by atoms with Gasteiger partial charge in [-0.05, 0) is 50.2 Å². The average Bonchev–Trinajstić information content (AvgIpc) is 2.87. The highest BCUT2D eigenvalue weighted by molar-refractivity contribution is 5.69. The number of esters is 1. The Hall–Kier alpha value is -2.33. The molecule has 0 saturated heterocycles. The number of hydrogen-bond donors (Lipinski definition) is 0. The molecule has 0 aliphatic heterocycles. The molecule has 0 fully saturated rings. The van der Waals surface area contributed by atoms with Crippen LogP contribution in [-0.2, 0) is 22.5 Å². The largest absolute Gasteiger partial charge is 0.493 e. The van der Waals surface area contributed by atoms with E-state index >= 15 is 0 Å². The van der Waals surface area contributed by atoms with Crippen LogP contribution in [0.2, 0.25) is 0 Å². The summed E-state index contributed by atoms with van der Waals surface area (Å²) >= 11 is 0. The predicted octanol–water partition coefficient (Wildman–Crippen LogP) is 7.74. The van der Waals surface area contributed by atoms with Crippen LogP contribution in [0.4, 0.5) is 0 Å². The van der Waals surface area contributed by atoms with Crippen molar-refractivity contribution in [2.75, 3.05) is 33.9 Å². The van der Waals surface area contributed by atoms with Gasteiger partial charge >= 0.3 is 5.97 Å². The van der Waals surface area contributed by atoms with Crippen LogP contribution in [0, 0.1) is 0 Å². The van der Waals surface area contributed by atoms with Gasteiger partial charge in [0.2, 0.25) is 0 Å². The van der Waals surface area contributed by atoms with Gasteiger partial charge in [-0.25, -0.2) is 0 Å². The highest BCUT2D eigenvalue weighted by atomic mass is 16.5. The van der Waals surface area contributed by atoms with Crippen molar-refractivity contribution in [2.24, 2.45) is 0 Å². The molecule has 0 N–H and O–H groups in total. The Bertz CT molecular complexity index is 834. The van der Waals surface area contributed by atoms with Gasteiger partial charge in [-0.2, -0.15) is 0 Å². The highest BCUT2D eigenvalue weighted by Crippen LogP contribution is 2.21. The van der Waals surface area contributed by atoms with Gasteiger partial charge in [0.15, 0.2) is 0 Å². The van der Waals surface area contributed by atoms with E-state index in [2.05, 4.69) is 69.6 Å². The van der Waals surface area contributed by atoms with E-state index < -0.39 is 0 Å². The van der Waals surface area contributed by atoms with Crippen molar-refractivity contribution in [2.45, 2.75) is 90.5 Å². The molecular formula is C32H50NO3+. The van der Waals surface area contributed by atoms with Gasteiger partial charge in [0.1, 0.15) is 12.3 Å². The number of rotatable bonds is 20. The molecule has 0 aliphatic carbocycles. The van der Waals surface area contributed by atoms with Crippen LogP contribution in [0.25, 0.3) is 0 Å². The Kier molecular flexibility index (Phi) is 14.9. The first-order valence-corrected chi connectivity index (χ1v) is 14.2. The summed E-state index contributed by atoms with van der Waals surface area (Å²) in [5, 5.41) is 0. The Morgan fingerprint density at radius 3 is 2.25 bits per heavy atom. The van der Waals surface area contributed by atoms with E-state index in [1.165, 1.54) is 49.7 Å². The maximum atomic E-state index is 12.1. The van der Waals surface area contributed by atoms with E-state index in [9.17, 15) is 4.79 Å². The summed E-state index contributed by atoms with van der Waals surface area (Å²) in [6.07, 6.45) is 13.1. The van der Waals surface area contributed by atoms with Crippen LogP contribution >= 0.6 is 0 Å². The first-order chi connectivity index (χ1) is 17.5. The molecule has 36 heavy (non-hydrogen) atoms. The number of carbonyl (C=O) groups excluding carboxylic acids is 1. The second-order valence-corrected chi connectivity index (χ2v) is 10.7. The van der Waals surface area contributed by atoms with Gasteiger partial charge in [-0.1, -0.05) is 87.6 Å². The van der Waals surface area contributed by atoms with Crippen molar-refractivity contribution in [1.29, 1.82) is 0 Å². The molecule has 0 atom stereocenters. The number of aryl methyl sites for hydroxylation is 1. The van der Waals surface area contributed by atoms with Crippen molar-refractivity contribution in [3.8, 4) is 5.75 Å². The topological polar surface area (TPSA) is 35.5 Å². The lowest BCUT2D eigenvalue weighted by atomic mass is 10.0.